The first-order chi connectivity index (χ1) is 12.6. The van der Waals surface area contributed by atoms with E-state index in [0.29, 0.717) is 29.4 Å². The van der Waals surface area contributed by atoms with Crippen LogP contribution in [0, 0.1) is 0 Å². The lowest BCUT2D eigenvalue weighted by molar-refractivity contribution is -0.119. The number of nitrogens with zero attached hydrogens (tertiary/aromatic N) is 1. The van der Waals surface area contributed by atoms with Crippen molar-refractivity contribution in [2.75, 3.05) is 18.6 Å². The number of halogens is 1. The van der Waals surface area contributed by atoms with Crippen molar-refractivity contribution in [3.05, 3.63) is 59.1 Å². The number of hydrogen-bond acceptors (Lipinski definition) is 4. The molecule has 0 N–H and O–H groups in total. The first-order valence-corrected chi connectivity index (χ1v) is 8.60. The molecule has 6 heteroatoms. The monoisotopic (exact) mass is 371 g/mol. The molecular weight excluding hydrogens is 354 g/mol. The molecule has 1 aliphatic rings. The Morgan fingerprint density at radius 1 is 1.00 bits per heavy atom. The van der Waals surface area contributed by atoms with Crippen molar-refractivity contribution in [2.24, 2.45) is 0 Å². The maximum Gasteiger partial charge on any atom is 0.277 e. The summed E-state index contributed by atoms with van der Waals surface area (Å²) in [6, 6.07) is 13.7. The molecule has 0 aliphatic carbocycles. The summed E-state index contributed by atoms with van der Waals surface area (Å²) < 4.78 is 10.7. The Morgan fingerprint density at radius 2 is 1.73 bits per heavy atom. The molecule has 0 saturated heterocycles. The predicted molar refractivity (Wildman–Crippen MR) is 100 cm³/mol. The van der Waals surface area contributed by atoms with E-state index in [1.165, 1.54) is 0 Å². The van der Waals surface area contributed by atoms with E-state index in [-0.39, 0.29) is 10.6 Å². The summed E-state index contributed by atoms with van der Waals surface area (Å²) in [4.78, 5) is 26.6. The number of methoxy groups -OCH3 is 1. The van der Waals surface area contributed by atoms with Crippen LogP contribution in [0.2, 0.25) is 0 Å². The molecule has 0 bridgehead atoms. The molecule has 0 fully saturated rings. The van der Waals surface area contributed by atoms with Crippen LogP contribution >= 0.6 is 11.6 Å². The zero-order chi connectivity index (χ0) is 18.7. The third kappa shape index (κ3) is 3.30. The Kier molecular flexibility index (Phi) is 5.28. The molecule has 0 radical (unpaired) electrons. The first kappa shape index (κ1) is 18.0. The number of hydrogen-bond donors (Lipinski definition) is 0. The number of ether oxygens (including phenoxy) is 2. The van der Waals surface area contributed by atoms with Gasteiger partial charge in [-0.2, -0.15) is 0 Å². The maximum atomic E-state index is 12.9. The van der Waals surface area contributed by atoms with Gasteiger partial charge in [0.05, 0.1) is 25.0 Å². The van der Waals surface area contributed by atoms with Gasteiger partial charge in [0, 0.05) is 6.07 Å². The quantitative estimate of drug-likeness (QED) is 0.720. The fourth-order valence-corrected chi connectivity index (χ4v) is 2.95. The smallest absolute Gasteiger partial charge is 0.277 e. The highest BCUT2D eigenvalue weighted by molar-refractivity contribution is 6.60. The Morgan fingerprint density at radius 3 is 2.38 bits per heavy atom. The lowest BCUT2D eigenvalue weighted by atomic mass is 10.1. The second-order valence-corrected chi connectivity index (χ2v) is 6.09. The molecule has 0 spiro atoms. The maximum absolute atomic E-state index is 12.9. The second-order valence-electron chi connectivity index (χ2n) is 5.71. The van der Waals surface area contributed by atoms with Crippen molar-refractivity contribution in [1.82, 2.24) is 0 Å². The zero-order valence-electron chi connectivity index (χ0n) is 14.5. The van der Waals surface area contributed by atoms with Crippen LogP contribution in [-0.4, -0.2) is 25.5 Å². The van der Waals surface area contributed by atoms with E-state index in [0.717, 1.165) is 11.3 Å². The molecule has 5 nitrogen and oxygen atoms in total. The molecule has 0 saturated carbocycles. The fourth-order valence-electron chi connectivity index (χ4n) is 2.68. The SMILES string of the molecule is CCCOc1cccc(N2C(=O)C(Cl)=C(c3ccc(OC)cc3)C2=O)c1. The van der Waals surface area contributed by atoms with Crippen LogP contribution in [0.25, 0.3) is 5.57 Å². The number of rotatable bonds is 6. The average molecular weight is 372 g/mol. The molecular formula is C20H18ClNO4. The van der Waals surface area contributed by atoms with Crippen molar-refractivity contribution < 1.29 is 19.1 Å². The van der Waals surface area contributed by atoms with Crippen LogP contribution in [-0.2, 0) is 9.59 Å². The van der Waals surface area contributed by atoms with Gasteiger partial charge < -0.3 is 9.47 Å². The van der Waals surface area contributed by atoms with Crippen LogP contribution in [0.4, 0.5) is 5.69 Å². The predicted octanol–water partition coefficient (Wildman–Crippen LogP) is 4.01. The average Bonchev–Trinajstić information content (AvgIpc) is 2.89. The first-order valence-electron chi connectivity index (χ1n) is 8.22. The minimum absolute atomic E-state index is 0.0972. The summed E-state index contributed by atoms with van der Waals surface area (Å²) >= 11 is 6.20. The lowest BCUT2D eigenvalue weighted by Crippen LogP contribution is -2.31. The summed E-state index contributed by atoms with van der Waals surface area (Å²) in [6.45, 7) is 2.56. The highest BCUT2D eigenvalue weighted by Gasteiger charge is 2.39. The largest absolute Gasteiger partial charge is 0.497 e. The molecule has 0 unspecified atom stereocenters. The van der Waals surface area contributed by atoms with Gasteiger partial charge in [-0.1, -0.05) is 36.7 Å². The van der Waals surface area contributed by atoms with E-state index >= 15 is 0 Å². The van der Waals surface area contributed by atoms with E-state index in [9.17, 15) is 9.59 Å². The summed E-state index contributed by atoms with van der Waals surface area (Å²) in [5, 5.41) is -0.0972. The van der Waals surface area contributed by atoms with E-state index < -0.39 is 11.8 Å². The minimum Gasteiger partial charge on any atom is -0.497 e. The van der Waals surface area contributed by atoms with E-state index in [4.69, 9.17) is 21.1 Å². The molecule has 3 rings (SSSR count). The van der Waals surface area contributed by atoms with Crippen molar-refractivity contribution in [2.45, 2.75) is 13.3 Å². The molecule has 2 aromatic carbocycles. The number of carbonyl (C=O) groups excluding carboxylic acids is 2. The number of carbonyl (C=O) groups is 2. The second kappa shape index (κ2) is 7.62. The van der Waals surface area contributed by atoms with Crippen molar-refractivity contribution >= 4 is 34.7 Å². The van der Waals surface area contributed by atoms with E-state index in [1.807, 2.05) is 6.92 Å². The molecule has 134 valence electrons. The number of amides is 2. The van der Waals surface area contributed by atoms with Crippen LogP contribution < -0.4 is 14.4 Å². The summed E-state index contributed by atoms with van der Waals surface area (Å²) in [6.07, 6.45) is 0.862. The van der Waals surface area contributed by atoms with Gasteiger partial charge in [-0.05, 0) is 36.2 Å². The fraction of sp³-hybridized carbons (Fsp3) is 0.200. The Bertz CT molecular complexity index is 874. The van der Waals surface area contributed by atoms with Crippen LogP contribution in [0.3, 0.4) is 0 Å². The van der Waals surface area contributed by atoms with Crippen LogP contribution in [0.15, 0.2) is 53.6 Å². The normalized spacial score (nSPS) is 14.2. The summed E-state index contributed by atoms with van der Waals surface area (Å²) in [7, 11) is 1.56. The van der Waals surface area contributed by atoms with Crippen molar-refractivity contribution in [3.63, 3.8) is 0 Å². The molecule has 1 aliphatic heterocycles. The molecule has 2 amide bonds. The molecule has 0 atom stereocenters. The third-order valence-electron chi connectivity index (χ3n) is 3.95. The van der Waals surface area contributed by atoms with Gasteiger partial charge in [-0.15, -0.1) is 0 Å². The van der Waals surface area contributed by atoms with Crippen LogP contribution in [0.5, 0.6) is 11.5 Å². The van der Waals surface area contributed by atoms with Gasteiger partial charge >= 0.3 is 0 Å². The number of benzene rings is 2. The number of anilines is 1. The van der Waals surface area contributed by atoms with Gasteiger partial charge in [0.1, 0.15) is 16.5 Å². The minimum atomic E-state index is -0.546. The Balaban J connectivity index is 1.93. The standard InChI is InChI=1S/C20H18ClNO4/c1-3-11-26-16-6-4-5-14(12-16)22-19(23)17(18(21)20(22)24)13-7-9-15(25-2)10-8-13/h4-10,12H,3,11H2,1-2H3. The van der Waals surface area contributed by atoms with E-state index in [2.05, 4.69) is 0 Å². The molecule has 1 heterocycles. The van der Waals surface area contributed by atoms with Gasteiger partial charge in [0.2, 0.25) is 0 Å². The Labute approximate surface area is 156 Å². The van der Waals surface area contributed by atoms with Gasteiger partial charge in [-0.25, -0.2) is 4.90 Å². The van der Waals surface area contributed by atoms with E-state index in [1.54, 1.807) is 55.6 Å². The van der Waals surface area contributed by atoms with Crippen molar-refractivity contribution in [3.8, 4) is 11.5 Å². The molecule has 26 heavy (non-hydrogen) atoms. The Hall–Kier alpha value is -2.79. The highest BCUT2D eigenvalue weighted by Crippen LogP contribution is 2.36. The highest BCUT2D eigenvalue weighted by atomic mass is 35.5. The topological polar surface area (TPSA) is 55.8 Å². The molecule has 0 aromatic heterocycles. The third-order valence-corrected chi connectivity index (χ3v) is 4.31. The lowest BCUT2D eigenvalue weighted by Gasteiger charge is -2.16. The number of imide groups is 1. The summed E-state index contributed by atoms with van der Waals surface area (Å²) in [5.41, 5.74) is 1.17. The van der Waals surface area contributed by atoms with Gasteiger partial charge in [0.15, 0.2) is 0 Å². The summed E-state index contributed by atoms with van der Waals surface area (Å²) in [5.74, 6) is 0.242. The van der Waals surface area contributed by atoms with Crippen LogP contribution in [0.1, 0.15) is 18.9 Å². The van der Waals surface area contributed by atoms with Crippen molar-refractivity contribution in [1.29, 1.82) is 0 Å². The zero-order valence-corrected chi connectivity index (χ0v) is 15.2. The molecule has 2 aromatic rings. The van der Waals surface area contributed by atoms with Gasteiger partial charge in [-0.3, -0.25) is 9.59 Å². The van der Waals surface area contributed by atoms with Gasteiger partial charge in [0.25, 0.3) is 11.8 Å².